The fourth-order valence-corrected chi connectivity index (χ4v) is 3.22. The van der Waals surface area contributed by atoms with Crippen molar-refractivity contribution in [2.75, 3.05) is 0 Å². The molecule has 1 unspecified atom stereocenters. The van der Waals surface area contributed by atoms with Crippen LogP contribution in [0.3, 0.4) is 0 Å². The molecule has 2 aromatic rings. The minimum absolute atomic E-state index is 0.533. The predicted octanol–water partition coefficient (Wildman–Crippen LogP) is 2.71. The average molecular weight is 335 g/mol. The van der Waals surface area contributed by atoms with Crippen LogP contribution in [0.1, 0.15) is 30.3 Å². The number of hydrogen-bond donors (Lipinski definition) is 1. The Morgan fingerprint density at radius 3 is 3.15 bits per heavy atom. The van der Waals surface area contributed by atoms with Gasteiger partial charge in [-0.25, -0.2) is 0 Å². The molecule has 0 radical (unpaired) electrons. The molecule has 0 saturated heterocycles. The Bertz CT molecular complexity index is 593. The van der Waals surface area contributed by atoms with Gasteiger partial charge in [0.25, 0.3) is 0 Å². The molecule has 106 valence electrons. The van der Waals surface area contributed by atoms with E-state index < -0.39 is 0 Å². The second-order valence-electron chi connectivity index (χ2n) is 5.27. The summed E-state index contributed by atoms with van der Waals surface area (Å²) in [6.07, 6.45) is 5.23. The van der Waals surface area contributed by atoms with Crippen molar-refractivity contribution < 1.29 is 0 Å². The maximum Gasteiger partial charge on any atom is 0.146 e. The maximum atomic E-state index is 4.17. The van der Waals surface area contributed by atoms with E-state index in [-0.39, 0.29) is 0 Å². The van der Waals surface area contributed by atoms with Gasteiger partial charge in [0.1, 0.15) is 12.2 Å². The topological polar surface area (TPSA) is 42.7 Å². The summed E-state index contributed by atoms with van der Waals surface area (Å²) in [5.74, 6) is 1.02. The highest BCUT2D eigenvalue weighted by atomic mass is 79.9. The van der Waals surface area contributed by atoms with Gasteiger partial charge in [-0.2, -0.15) is 0 Å². The zero-order valence-corrected chi connectivity index (χ0v) is 13.2. The molecule has 1 aromatic heterocycles. The van der Waals surface area contributed by atoms with Crippen LogP contribution in [-0.4, -0.2) is 20.8 Å². The first-order valence-electron chi connectivity index (χ1n) is 7.13. The van der Waals surface area contributed by atoms with Gasteiger partial charge < -0.3 is 9.88 Å². The molecular formula is C15H19BrN4. The zero-order valence-electron chi connectivity index (χ0n) is 11.6. The molecule has 0 aliphatic heterocycles. The SMILES string of the molecule is CCn1cnnc1CNC1CCc2cc(Br)ccc2C1. The number of aromatic nitrogens is 3. The molecule has 4 nitrogen and oxygen atoms in total. The fourth-order valence-electron chi connectivity index (χ4n) is 2.81. The van der Waals surface area contributed by atoms with E-state index in [1.807, 2.05) is 0 Å². The lowest BCUT2D eigenvalue weighted by atomic mass is 9.88. The first-order chi connectivity index (χ1) is 9.76. The van der Waals surface area contributed by atoms with Crippen molar-refractivity contribution in [3.63, 3.8) is 0 Å². The minimum atomic E-state index is 0.533. The highest BCUT2D eigenvalue weighted by Crippen LogP contribution is 2.24. The van der Waals surface area contributed by atoms with Crippen LogP contribution in [0, 0.1) is 0 Å². The van der Waals surface area contributed by atoms with E-state index >= 15 is 0 Å². The van der Waals surface area contributed by atoms with Gasteiger partial charge in [0.2, 0.25) is 0 Å². The van der Waals surface area contributed by atoms with E-state index in [0.717, 1.165) is 31.8 Å². The molecule has 1 aromatic carbocycles. The number of fused-ring (bicyclic) bond motifs is 1. The van der Waals surface area contributed by atoms with Gasteiger partial charge in [0, 0.05) is 17.1 Å². The zero-order chi connectivity index (χ0) is 13.9. The number of aryl methyl sites for hydroxylation is 2. The third kappa shape index (κ3) is 2.94. The second-order valence-corrected chi connectivity index (χ2v) is 6.18. The molecule has 1 atom stereocenters. The molecule has 1 aliphatic carbocycles. The molecule has 0 spiro atoms. The Morgan fingerprint density at radius 2 is 2.30 bits per heavy atom. The minimum Gasteiger partial charge on any atom is -0.317 e. The number of benzene rings is 1. The van der Waals surface area contributed by atoms with Crippen LogP contribution < -0.4 is 5.32 Å². The molecule has 1 heterocycles. The maximum absolute atomic E-state index is 4.17. The molecule has 1 N–H and O–H groups in total. The standard InChI is InChI=1S/C15H19BrN4/c1-2-20-10-18-19-15(20)9-17-14-6-4-11-7-13(16)5-3-12(11)8-14/h3,5,7,10,14,17H,2,4,6,8-9H2,1H3. The Balaban J connectivity index is 1.62. The number of hydrogen-bond acceptors (Lipinski definition) is 3. The van der Waals surface area contributed by atoms with Crippen LogP contribution in [0.5, 0.6) is 0 Å². The summed E-state index contributed by atoms with van der Waals surface area (Å²) < 4.78 is 3.26. The third-order valence-electron chi connectivity index (χ3n) is 3.98. The summed E-state index contributed by atoms with van der Waals surface area (Å²) in [6, 6.07) is 7.15. The molecule has 20 heavy (non-hydrogen) atoms. The van der Waals surface area contributed by atoms with E-state index in [2.05, 4.69) is 61.1 Å². The highest BCUT2D eigenvalue weighted by Gasteiger charge is 2.18. The van der Waals surface area contributed by atoms with Crippen LogP contribution in [0.15, 0.2) is 29.0 Å². The lowest BCUT2D eigenvalue weighted by Gasteiger charge is -2.25. The van der Waals surface area contributed by atoms with Crippen LogP contribution >= 0.6 is 15.9 Å². The average Bonchev–Trinajstić information content (AvgIpc) is 2.92. The molecule has 0 bridgehead atoms. The second kappa shape index (κ2) is 6.06. The van der Waals surface area contributed by atoms with Gasteiger partial charge in [0.05, 0.1) is 6.54 Å². The summed E-state index contributed by atoms with van der Waals surface area (Å²) in [4.78, 5) is 0. The summed E-state index contributed by atoms with van der Waals surface area (Å²) in [5, 5.41) is 11.8. The van der Waals surface area contributed by atoms with Crippen molar-refractivity contribution in [2.24, 2.45) is 0 Å². The normalized spacial score (nSPS) is 18.0. The monoisotopic (exact) mass is 334 g/mol. The quantitative estimate of drug-likeness (QED) is 0.934. The number of rotatable bonds is 4. The lowest BCUT2D eigenvalue weighted by Crippen LogP contribution is -2.34. The van der Waals surface area contributed by atoms with Gasteiger partial charge in [0.15, 0.2) is 0 Å². The molecule has 0 fully saturated rings. The highest BCUT2D eigenvalue weighted by molar-refractivity contribution is 9.10. The molecule has 0 amide bonds. The molecule has 1 aliphatic rings. The van der Waals surface area contributed by atoms with E-state index in [4.69, 9.17) is 0 Å². The Labute approximate surface area is 127 Å². The van der Waals surface area contributed by atoms with Gasteiger partial charge in [-0.15, -0.1) is 10.2 Å². The van der Waals surface area contributed by atoms with Gasteiger partial charge in [-0.3, -0.25) is 0 Å². The molecule has 3 rings (SSSR count). The van der Waals surface area contributed by atoms with Crippen LogP contribution in [0.4, 0.5) is 0 Å². The van der Waals surface area contributed by atoms with Gasteiger partial charge in [-0.05, 0) is 49.4 Å². The molecule has 0 saturated carbocycles. The van der Waals surface area contributed by atoms with Crippen molar-refractivity contribution >= 4 is 15.9 Å². The van der Waals surface area contributed by atoms with Gasteiger partial charge in [-0.1, -0.05) is 22.0 Å². The molecule has 5 heteroatoms. The van der Waals surface area contributed by atoms with Crippen molar-refractivity contribution in [3.8, 4) is 0 Å². The van der Waals surface area contributed by atoms with Crippen LogP contribution in [0.25, 0.3) is 0 Å². The summed E-state index contributed by atoms with van der Waals surface area (Å²) in [7, 11) is 0. The van der Waals surface area contributed by atoms with E-state index in [0.29, 0.717) is 6.04 Å². The van der Waals surface area contributed by atoms with Crippen molar-refractivity contribution in [2.45, 2.75) is 45.3 Å². The predicted molar refractivity (Wildman–Crippen MR) is 82.5 cm³/mol. The molecular weight excluding hydrogens is 316 g/mol. The van der Waals surface area contributed by atoms with Crippen LogP contribution in [-0.2, 0) is 25.9 Å². The van der Waals surface area contributed by atoms with Crippen molar-refractivity contribution in [1.29, 1.82) is 0 Å². The van der Waals surface area contributed by atoms with Crippen molar-refractivity contribution in [3.05, 3.63) is 46.0 Å². The first kappa shape index (κ1) is 13.8. The smallest absolute Gasteiger partial charge is 0.146 e. The van der Waals surface area contributed by atoms with Crippen molar-refractivity contribution in [1.82, 2.24) is 20.1 Å². The number of nitrogens with one attached hydrogen (secondary N) is 1. The first-order valence-corrected chi connectivity index (χ1v) is 7.93. The Kier molecular flexibility index (Phi) is 4.17. The number of halogens is 1. The summed E-state index contributed by atoms with van der Waals surface area (Å²) in [6.45, 7) is 3.83. The Morgan fingerprint density at radius 1 is 1.40 bits per heavy atom. The number of nitrogens with zero attached hydrogens (tertiary/aromatic N) is 3. The Hall–Kier alpha value is -1.20. The summed E-state index contributed by atoms with van der Waals surface area (Å²) >= 11 is 3.54. The van der Waals surface area contributed by atoms with E-state index in [1.54, 1.807) is 6.33 Å². The van der Waals surface area contributed by atoms with E-state index in [9.17, 15) is 0 Å². The fraction of sp³-hybridized carbons (Fsp3) is 0.467. The van der Waals surface area contributed by atoms with Crippen LogP contribution in [0.2, 0.25) is 0 Å². The van der Waals surface area contributed by atoms with E-state index in [1.165, 1.54) is 22.0 Å². The lowest BCUT2D eigenvalue weighted by molar-refractivity contribution is 0.445. The van der Waals surface area contributed by atoms with Gasteiger partial charge >= 0.3 is 0 Å². The third-order valence-corrected chi connectivity index (χ3v) is 4.48. The largest absolute Gasteiger partial charge is 0.317 e. The summed E-state index contributed by atoms with van der Waals surface area (Å²) in [5.41, 5.74) is 2.95.